The summed E-state index contributed by atoms with van der Waals surface area (Å²) in [6.45, 7) is 4.79. The fraction of sp³-hybridized carbons (Fsp3) is 0.500. The molecule has 1 N–H and O–H groups in total. The van der Waals surface area contributed by atoms with Crippen molar-refractivity contribution in [3.05, 3.63) is 34.1 Å². The second-order valence-electron chi connectivity index (χ2n) is 4.62. The topological polar surface area (TPSA) is 29.1 Å². The van der Waals surface area contributed by atoms with Gasteiger partial charge < -0.3 is 5.32 Å². The summed E-state index contributed by atoms with van der Waals surface area (Å²) in [5.74, 6) is -0.677. The Morgan fingerprint density at radius 2 is 2.00 bits per heavy atom. The van der Waals surface area contributed by atoms with Crippen molar-refractivity contribution in [1.82, 2.24) is 5.32 Å². The van der Waals surface area contributed by atoms with Gasteiger partial charge in [-0.1, -0.05) is 35.8 Å². The molecule has 5 heteroatoms. The van der Waals surface area contributed by atoms with Crippen LogP contribution in [0.2, 0.25) is 0 Å². The Morgan fingerprint density at radius 1 is 1.37 bits per heavy atom. The maximum atomic E-state index is 13.4. The van der Waals surface area contributed by atoms with Gasteiger partial charge in [0.05, 0.1) is 10.0 Å². The lowest BCUT2D eigenvalue weighted by atomic mass is 9.84. The fourth-order valence-corrected chi connectivity index (χ4v) is 3.21. The number of hydrogen-bond acceptors (Lipinski definition) is 1. The predicted octanol–water partition coefficient (Wildman–Crippen LogP) is 4.52. The van der Waals surface area contributed by atoms with E-state index in [9.17, 15) is 9.18 Å². The molecule has 0 saturated carbocycles. The van der Waals surface area contributed by atoms with Gasteiger partial charge in [0.1, 0.15) is 5.82 Å². The minimum absolute atomic E-state index is 0.0511. The highest BCUT2D eigenvalue weighted by atomic mass is 79.9. The van der Waals surface area contributed by atoms with Crippen molar-refractivity contribution < 1.29 is 9.18 Å². The Hall–Kier alpha value is -0.420. The normalized spacial score (nSPS) is 11.4. The number of amides is 1. The molecular formula is C14H18Br2FNO. The average Bonchev–Trinajstić information content (AvgIpc) is 2.44. The van der Waals surface area contributed by atoms with Crippen molar-refractivity contribution in [2.45, 2.75) is 26.7 Å². The van der Waals surface area contributed by atoms with Crippen LogP contribution in [0.1, 0.15) is 37.0 Å². The lowest BCUT2D eigenvalue weighted by Gasteiger charge is -2.29. The molecule has 1 aromatic carbocycles. The summed E-state index contributed by atoms with van der Waals surface area (Å²) in [5, 5.41) is 3.73. The summed E-state index contributed by atoms with van der Waals surface area (Å²) >= 11 is 6.61. The largest absolute Gasteiger partial charge is 0.351 e. The van der Waals surface area contributed by atoms with Crippen LogP contribution in [0.5, 0.6) is 0 Å². The first kappa shape index (κ1) is 16.6. The van der Waals surface area contributed by atoms with Crippen LogP contribution in [0.25, 0.3) is 0 Å². The molecule has 0 fully saturated rings. The number of hydrogen-bond donors (Lipinski definition) is 1. The summed E-state index contributed by atoms with van der Waals surface area (Å²) in [5.41, 5.74) is 0.380. The molecule has 0 aliphatic carbocycles. The Morgan fingerprint density at radius 3 is 2.53 bits per heavy atom. The average molecular weight is 395 g/mol. The maximum Gasteiger partial charge on any atom is 0.252 e. The molecule has 0 heterocycles. The van der Waals surface area contributed by atoms with Gasteiger partial charge in [0.15, 0.2) is 0 Å². The molecule has 0 radical (unpaired) electrons. The van der Waals surface area contributed by atoms with Crippen molar-refractivity contribution in [1.29, 1.82) is 0 Å². The van der Waals surface area contributed by atoms with Gasteiger partial charge in [-0.2, -0.15) is 0 Å². The number of nitrogens with one attached hydrogen (secondary N) is 1. The van der Waals surface area contributed by atoms with E-state index in [0.717, 1.165) is 18.2 Å². The summed E-state index contributed by atoms with van der Waals surface area (Å²) in [7, 11) is 0. The molecule has 1 amide bonds. The molecule has 0 aromatic heterocycles. The first-order valence-corrected chi connectivity index (χ1v) is 8.19. The molecule has 0 aliphatic rings. The molecule has 0 saturated heterocycles. The summed E-state index contributed by atoms with van der Waals surface area (Å²) in [6.07, 6.45) is 1.94. The smallest absolute Gasteiger partial charge is 0.252 e. The van der Waals surface area contributed by atoms with E-state index in [0.29, 0.717) is 12.1 Å². The van der Waals surface area contributed by atoms with Crippen LogP contribution in [0.4, 0.5) is 4.39 Å². The van der Waals surface area contributed by atoms with Crippen LogP contribution in [-0.2, 0) is 0 Å². The number of carbonyl (C=O) groups excluding carboxylic acids is 1. The quantitative estimate of drug-likeness (QED) is 0.706. The van der Waals surface area contributed by atoms with Crippen LogP contribution in [-0.4, -0.2) is 17.8 Å². The lowest BCUT2D eigenvalue weighted by molar-refractivity contribution is 0.0931. The molecule has 0 atom stereocenters. The highest BCUT2D eigenvalue weighted by molar-refractivity contribution is 9.10. The first-order chi connectivity index (χ1) is 8.99. The van der Waals surface area contributed by atoms with Crippen molar-refractivity contribution in [3.8, 4) is 0 Å². The summed E-state index contributed by atoms with van der Waals surface area (Å²) in [4.78, 5) is 12.1. The third-order valence-corrected chi connectivity index (χ3v) is 5.60. The van der Waals surface area contributed by atoms with Crippen LogP contribution in [0.15, 0.2) is 22.7 Å². The first-order valence-electron chi connectivity index (χ1n) is 6.28. The van der Waals surface area contributed by atoms with Crippen molar-refractivity contribution in [3.63, 3.8) is 0 Å². The second kappa shape index (κ2) is 7.39. The van der Waals surface area contributed by atoms with E-state index in [4.69, 9.17) is 0 Å². The molecule has 0 bridgehead atoms. The Kier molecular flexibility index (Phi) is 6.47. The Balaban J connectivity index is 2.78. The molecule has 0 unspecified atom stereocenters. The fourth-order valence-electron chi connectivity index (χ4n) is 1.78. The van der Waals surface area contributed by atoms with Crippen LogP contribution in [0.3, 0.4) is 0 Å². The Labute approximate surface area is 130 Å². The zero-order valence-corrected chi connectivity index (χ0v) is 14.3. The third-order valence-electron chi connectivity index (χ3n) is 3.60. The van der Waals surface area contributed by atoms with Gasteiger partial charge in [0.25, 0.3) is 5.91 Å². The number of rotatable bonds is 6. The van der Waals surface area contributed by atoms with E-state index >= 15 is 0 Å². The number of carbonyl (C=O) groups is 1. The van der Waals surface area contributed by atoms with Gasteiger partial charge in [0, 0.05) is 11.9 Å². The molecule has 0 aliphatic heterocycles. The van der Waals surface area contributed by atoms with Crippen molar-refractivity contribution in [2.24, 2.45) is 5.41 Å². The van der Waals surface area contributed by atoms with E-state index < -0.39 is 5.82 Å². The van der Waals surface area contributed by atoms with E-state index in [2.05, 4.69) is 51.0 Å². The standard InChI is InChI=1S/C14H18Br2FNO/c1-3-14(4-2,8-15)9-18-13(19)10-6-5-7-11(17)12(10)16/h5-7H,3-4,8-9H2,1-2H3,(H,18,19). The molecule has 1 rings (SSSR count). The number of benzene rings is 1. The second-order valence-corrected chi connectivity index (χ2v) is 5.98. The molecule has 2 nitrogen and oxygen atoms in total. The lowest BCUT2D eigenvalue weighted by Crippen LogP contribution is -2.38. The zero-order chi connectivity index (χ0) is 14.5. The van der Waals surface area contributed by atoms with E-state index in [1.807, 2.05) is 0 Å². The van der Waals surface area contributed by atoms with E-state index in [-0.39, 0.29) is 15.8 Å². The van der Waals surface area contributed by atoms with Gasteiger partial charge in [-0.05, 0) is 46.3 Å². The van der Waals surface area contributed by atoms with Gasteiger partial charge in [-0.15, -0.1) is 0 Å². The minimum atomic E-state index is -0.426. The van der Waals surface area contributed by atoms with Crippen LogP contribution >= 0.6 is 31.9 Å². The predicted molar refractivity (Wildman–Crippen MR) is 83.2 cm³/mol. The molecule has 1 aromatic rings. The maximum absolute atomic E-state index is 13.4. The van der Waals surface area contributed by atoms with Gasteiger partial charge in [0.2, 0.25) is 0 Å². The number of alkyl halides is 1. The molecular weight excluding hydrogens is 377 g/mol. The zero-order valence-electron chi connectivity index (χ0n) is 11.1. The highest BCUT2D eigenvalue weighted by Gasteiger charge is 2.26. The molecule has 0 spiro atoms. The summed E-state index contributed by atoms with van der Waals surface area (Å²) < 4.78 is 13.6. The third kappa shape index (κ3) is 4.02. The van der Waals surface area contributed by atoms with Crippen LogP contribution in [0, 0.1) is 11.2 Å². The van der Waals surface area contributed by atoms with Gasteiger partial charge in [-0.25, -0.2) is 4.39 Å². The molecule has 19 heavy (non-hydrogen) atoms. The van der Waals surface area contributed by atoms with E-state index in [1.165, 1.54) is 12.1 Å². The monoisotopic (exact) mass is 393 g/mol. The van der Waals surface area contributed by atoms with Crippen molar-refractivity contribution in [2.75, 3.05) is 11.9 Å². The minimum Gasteiger partial charge on any atom is -0.351 e. The van der Waals surface area contributed by atoms with E-state index in [1.54, 1.807) is 6.07 Å². The van der Waals surface area contributed by atoms with Crippen molar-refractivity contribution >= 4 is 37.8 Å². The SMILES string of the molecule is CCC(CC)(CBr)CNC(=O)c1cccc(F)c1Br. The summed E-state index contributed by atoms with van der Waals surface area (Å²) in [6, 6.07) is 4.46. The Bertz CT molecular complexity index is 439. The van der Waals surface area contributed by atoms with Gasteiger partial charge >= 0.3 is 0 Å². The van der Waals surface area contributed by atoms with Crippen LogP contribution < -0.4 is 5.32 Å². The highest BCUT2D eigenvalue weighted by Crippen LogP contribution is 2.28. The van der Waals surface area contributed by atoms with Gasteiger partial charge in [-0.3, -0.25) is 4.79 Å². The number of halogens is 3. The molecule has 106 valence electrons.